The highest BCUT2D eigenvalue weighted by atomic mass is 35.5. The van der Waals surface area contributed by atoms with Crippen molar-refractivity contribution in [1.82, 2.24) is 15.6 Å². The summed E-state index contributed by atoms with van der Waals surface area (Å²) >= 11 is 10.6. The summed E-state index contributed by atoms with van der Waals surface area (Å²) in [6.45, 7) is 8.33. The molecule has 0 heterocycles. The molecule has 30 heavy (non-hydrogen) atoms. The first-order valence-electron chi connectivity index (χ1n) is 9.41. The number of carbonyl (C=O) groups excluding carboxylic acids is 3. The van der Waals surface area contributed by atoms with E-state index < -0.39 is 23.6 Å². The molecule has 13 heteroatoms. The van der Waals surface area contributed by atoms with Crippen LogP contribution in [0.25, 0.3) is 0 Å². The number of alkyl carbamates (subject to hydrolysis) is 1. The van der Waals surface area contributed by atoms with Crippen LogP contribution in [0.5, 0.6) is 0 Å². The Kier molecular flexibility index (Phi) is 17.9. The highest BCUT2D eigenvalue weighted by molar-refractivity contribution is 6.18. The van der Waals surface area contributed by atoms with Crippen LogP contribution in [0.3, 0.4) is 0 Å². The summed E-state index contributed by atoms with van der Waals surface area (Å²) in [7, 11) is 0. The number of amides is 4. The number of hydrogen-bond acceptors (Lipinski definition) is 7. The summed E-state index contributed by atoms with van der Waals surface area (Å²) in [6, 6.07) is -0.553. The van der Waals surface area contributed by atoms with E-state index in [1.54, 1.807) is 0 Å². The number of urea groups is 1. The molecule has 0 aliphatic rings. The third kappa shape index (κ3) is 16.9. The molecule has 0 bridgehead atoms. The van der Waals surface area contributed by atoms with Crippen LogP contribution in [0.1, 0.15) is 40.5 Å². The topological polar surface area (TPSA) is 152 Å². The van der Waals surface area contributed by atoms with Gasteiger partial charge in [0.1, 0.15) is 13.2 Å². The van der Waals surface area contributed by atoms with Gasteiger partial charge in [-0.1, -0.05) is 20.3 Å². The maximum atomic E-state index is 11.4. The zero-order valence-corrected chi connectivity index (χ0v) is 19.4. The second kappa shape index (κ2) is 17.8. The monoisotopic (exact) mass is 473 g/mol. The van der Waals surface area contributed by atoms with Crippen LogP contribution in [0.2, 0.25) is 0 Å². The Balaban J connectivity index is 0. The molecule has 176 valence electrons. The molecular weight excluding hydrogens is 441 g/mol. The van der Waals surface area contributed by atoms with Crippen molar-refractivity contribution in [3.8, 4) is 0 Å². The van der Waals surface area contributed by atoms with Crippen molar-refractivity contribution in [1.29, 1.82) is 0 Å². The van der Waals surface area contributed by atoms with Crippen LogP contribution in [0.4, 0.5) is 14.4 Å². The van der Waals surface area contributed by atoms with Crippen molar-refractivity contribution >= 4 is 41.4 Å². The lowest BCUT2D eigenvalue weighted by atomic mass is 9.87. The summed E-state index contributed by atoms with van der Waals surface area (Å²) in [6.07, 6.45) is 0.388. The first kappa shape index (κ1) is 30.2. The Hall–Kier alpha value is -2.01. The molecule has 0 aliphatic carbocycles. The number of nitrogens with one attached hydrogen (secondary N) is 2. The molecule has 0 spiro atoms. The lowest BCUT2D eigenvalue weighted by molar-refractivity contribution is 0.0332. The van der Waals surface area contributed by atoms with Gasteiger partial charge in [0.15, 0.2) is 0 Å². The van der Waals surface area contributed by atoms with Crippen molar-refractivity contribution in [3.05, 3.63) is 4.91 Å². The van der Waals surface area contributed by atoms with Crippen LogP contribution in [-0.2, 0) is 9.47 Å². The maximum Gasteiger partial charge on any atom is 0.407 e. The van der Waals surface area contributed by atoms with Crippen molar-refractivity contribution in [2.24, 2.45) is 16.4 Å². The lowest BCUT2D eigenvalue weighted by Gasteiger charge is -2.27. The maximum absolute atomic E-state index is 11.4. The molecule has 0 fully saturated rings. The molecule has 0 aliphatic heterocycles. The van der Waals surface area contributed by atoms with Gasteiger partial charge in [-0.2, -0.15) is 5.01 Å². The third-order valence-electron chi connectivity index (χ3n) is 3.37. The minimum atomic E-state index is -0.816. The molecule has 4 N–H and O–H groups in total. The molecule has 1 unspecified atom stereocenters. The fourth-order valence-corrected chi connectivity index (χ4v) is 2.31. The van der Waals surface area contributed by atoms with Gasteiger partial charge in [-0.15, -0.1) is 28.1 Å². The number of nitrogens with two attached hydrogens (primary N) is 1. The average Bonchev–Trinajstić information content (AvgIpc) is 2.67. The number of primary amides is 1. The molecule has 0 aromatic heterocycles. The van der Waals surface area contributed by atoms with E-state index in [9.17, 15) is 19.3 Å². The molecule has 0 saturated carbocycles. The normalized spacial score (nSPS) is 12.0. The number of alkyl halides is 2. The van der Waals surface area contributed by atoms with Gasteiger partial charge in [-0.25, -0.2) is 14.4 Å². The molecule has 11 nitrogen and oxygen atoms in total. The standard InChI is InChI=1S/C12H24N2O4.C5H9Cl2N3O2/c1-5-6-12(4,7-17-10(13)15)8-18-11(16)14-9(2)3;6-1-3-8-5(11)10(9-12)4-2-7/h9H,5-8H2,1-4H3,(H2,13,15)(H,14,16);1-4H2,(H,8,11). The Bertz CT molecular complexity index is 527. The van der Waals surface area contributed by atoms with E-state index in [4.69, 9.17) is 38.4 Å². The number of nitrogens with zero attached hydrogens (tertiary/aromatic N) is 2. The van der Waals surface area contributed by atoms with E-state index in [0.717, 1.165) is 12.8 Å². The quantitative estimate of drug-likeness (QED) is 0.224. The van der Waals surface area contributed by atoms with Gasteiger partial charge in [-0.05, 0) is 20.3 Å². The summed E-state index contributed by atoms with van der Waals surface area (Å²) in [5.74, 6) is 0.458. The summed E-state index contributed by atoms with van der Waals surface area (Å²) in [4.78, 5) is 42.9. The van der Waals surface area contributed by atoms with Crippen LogP contribution in [-0.4, -0.2) is 67.3 Å². The van der Waals surface area contributed by atoms with E-state index in [-0.39, 0.29) is 31.7 Å². The van der Waals surface area contributed by atoms with E-state index in [2.05, 4.69) is 15.9 Å². The first-order chi connectivity index (χ1) is 14.0. The molecule has 0 saturated heterocycles. The Morgan fingerprint density at radius 1 is 1.17 bits per heavy atom. The van der Waals surface area contributed by atoms with Gasteiger partial charge in [0, 0.05) is 29.8 Å². The number of nitroso groups, excluding NO2 is 1. The van der Waals surface area contributed by atoms with Crippen molar-refractivity contribution in [3.63, 3.8) is 0 Å². The largest absolute Gasteiger partial charge is 0.449 e. The van der Waals surface area contributed by atoms with Crippen LogP contribution < -0.4 is 16.4 Å². The van der Waals surface area contributed by atoms with Gasteiger partial charge in [-0.3, -0.25) is 0 Å². The second-order valence-corrected chi connectivity index (χ2v) is 7.61. The number of ether oxygens (including phenoxy) is 2. The van der Waals surface area contributed by atoms with E-state index >= 15 is 0 Å². The Morgan fingerprint density at radius 3 is 2.20 bits per heavy atom. The van der Waals surface area contributed by atoms with E-state index in [1.165, 1.54) is 0 Å². The van der Waals surface area contributed by atoms with Gasteiger partial charge >= 0.3 is 18.2 Å². The zero-order chi connectivity index (χ0) is 23.6. The molecule has 0 rings (SSSR count). The number of rotatable bonds is 12. The predicted molar refractivity (Wildman–Crippen MR) is 116 cm³/mol. The molecule has 0 radical (unpaired) electrons. The molecular formula is C17H33Cl2N5O6. The summed E-state index contributed by atoms with van der Waals surface area (Å²) in [5.41, 5.74) is 4.53. The fourth-order valence-electron chi connectivity index (χ4n) is 2.06. The van der Waals surface area contributed by atoms with Gasteiger partial charge < -0.3 is 25.8 Å². The first-order valence-corrected chi connectivity index (χ1v) is 10.5. The molecule has 0 aromatic carbocycles. The van der Waals surface area contributed by atoms with Gasteiger partial charge in [0.2, 0.25) is 0 Å². The van der Waals surface area contributed by atoms with Crippen LogP contribution in [0.15, 0.2) is 5.29 Å². The molecule has 1 atom stereocenters. The van der Waals surface area contributed by atoms with Crippen LogP contribution in [0, 0.1) is 10.3 Å². The second-order valence-electron chi connectivity index (χ2n) is 6.86. The molecule has 0 aromatic rings. The highest BCUT2D eigenvalue weighted by Crippen LogP contribution is 2.24. The zero-order valence-electron chi connectivity index (χ0n) is 17.9. The van der Waals surface area contributed by atoms with Crippen molar-refractivity contribution in [2.75, 3.05) is 38.1 Å². The minimum absolute atomic E-state index is 0.0248. The Morgan fingerprint density at radius 2 is 1.77 bits per heavy atom. The van der Waals surface area contributed by atoms with Crippen molar-refractivity contribution < 1.29 is 23.9 Å². The average molecular weight is 474 g/mol. The van der Waals surface area contributed by atoms with E-state index in [1.807, 2.05) is 27.7 Å². The van der Waals surface area contributed by atoms with Gasteiger partial charge in [0.25, 0.3) is 0 Å². The summed E-state index contributed by atoms with van der Waals surface area (Å²) < 4.78 is 9.92. The number of carbonyl (C=O) groups is 3. The highest BCUT2D eigenvalue weighted by Gasteiger charge is 2.27. The van der Waals surface area contributed by atoms with Crippen LogP contribution >= 0.6 is 23.2 Å². The van der Waals surface area contributed by atoms with Crippen molar-refractivity contribution in [2.45, 2.75) is 46.6 Å². The summed E-state index contributed by atoms with van der Waals surface area (Å²) in [5, 5.41) is 8.18. The SMILES string of the molecule is CCCC(C)(COC(N)=O)COC(=O)NC(C)C.O=NN(CCCl)C(=O)NCCCl. The number of hydrogen-bond donors (Lipinski definition) is 3. The smallest absolute Gasteiger partial charge is 0.407 e. The Labute approximate surface area is 187 Å². The van der Waals surface area contributed by atoms with E-state index in [0.29, 0.717) is 17.4 Å². The third-order valence-corrected chi connectivity index (χ3v) is 3.73. The fraction of sp³-hybridized carbons (Fsp3) is 0.824. The molecule has 4 amide bonds. The van der Waals surface area contributed by atoms with Gasteiger partial charge in [0.05, 0.1) is 11.8 Å². The minimum Gasteiger partial charge on any atom is -0.449 e. The lowest BCUT2D eigenvalue weighted by Crippen LogP contribution is -2.38. The predicted octanol–water partition coefficient (Wildman–Crippen LogP) is 3.18. The number of halogens is 2.